The quantitative estimate of drug-likeness (QED) is 0.568. The Hall–Kier alpha value is -0.890. The summed E-state index contributed by atoms with van der Waals surface area (Å²) in [7, 11) is 0. The van der Waals surface area contributed by atoms with Crippen LogP contribution in [0.15, 0.2) is 24.3 Å². The fourth-order valence-electron chi connectivity index (χ4n) is 0.751. The summed E-state index contributed by atoms with van der Waals surface area (Å²) in [4.78, 5) is 0. The van der Waals surface area contributed by atoms with Crippen LogP contribution in [-0.4, -0.2) is 0 Å². The Bertz CT molecular complexity index is 203. The highest BCUT2D eigenvalue weighted by molar-refractivity contribution is 5.18. The molecule has 0 saturated heterocycles. The van der Waals surface area contributed by atoms with Gasteiger partial charge in [0.05, 0.1) is 0 Å². The van der Waals surface area contributed by atoms with Gasteiger partial charge in [0.25, 0.3) is 0 Å². The third-order valence-corrected chi connectivity index (χ3v) is 1.37. The van der Waals surface area contributed by atoms with Crippen LogP contribution >= 0.6 is 0 Å². The highest BCUT2D eigenvalue weighted by atomic mass is 19.1. The third-order valence-electron chi connectivity index (χ3n) is 1.37. The van der Waals surface area contributed by atoms with Gasteiger partial charge in [0.1, 0.15) is 5.82 Å². The molecule has 1 N–H and O–H groups in total. The van der Waals surface area contributed by atoms with E-state index < -0.39 is 0 Å². The van der Waals surface area contributed by atoms with E-state index in [9.17, 15) is 4.39 Å². The molecule has 0 fully saturated rings. The van der Waals surface area contributed by atoms with Crippen LogP contribution in [-0.2, 0) is 0 Å². The van der Waals surface area contributed by atoms with Crippen molar-refractivity contribution in [3.05, 3.63) is 35.6 Å². The van der Waals surface area contributed by atoms with Gasteiger partial charge in [-0.3, -0.25) is 5.73 Å². The Morgan fingerprint density at radius 2 is 1.80 bits per heavy atom. The normalized spacial score (nSPS) is 13.1. The minimum atomic E-state index is -0.263. The molecule has 2 heteroatoms. The minimum Gasteiger partial charge on any atom is -0.250 e. The van der Waals surface area contributed by atoms with Crippen LogP contribution in [0.5, 0.6) is 0 Å². The van der Waals surface area contributed by atoms with Crippen molar-refractivity contribution in [2.24, 2.45) is 0 Å². The Morgan fingerprint density at radius 1 is 1.30 bits per heavy atom. The zero-order chi connectivity index (χ0) is 7.56. The Labute approximate surface area is 59.7 Å². The smallest absolute Gasteiger partial charge is 0.123 e. The molecule has 10 heavy (non-hydrogen) atoms. The molecule has 0 aromatic heterocycles. The van der Waals surface area contributed by atoms with Gasteiger partial charge in [0.15, 0.2) is 0 Å². The topological polar surface area (TPSA) is 23.8 Å². The monoisotopic (exact) mass is 138 g/mol. The first-order chi connectivity index (χ1) is 4.70. The second kappa shape index (κ2) is 2.80. The van der Waals surface area contributed by atoms with Gasteiger partial charge in [-0.15, -0.1) is 0 Å². The summed E-state index contributed by atoms with van der Waals surface area (Å²) in [6.45, 7) is 1.76. The molecule has 0 aliphatic rings. The van der Waals surface area contributed by atoms with Crippen molar-refractivity contribution in [2.75, 3.05) is 0 Å². The summed E-state index contributed by atoms with van der Waals surface area (Å²) in [6, 6.07) is 5.75. The van der Waals surface area contributed by atoms with Crippen LogP contribution in [0.4, 0.5) is 4.39 Å². The first-order valence-corrected chi connectivity index (χ1v) is 3.17. The Morgan fingerprint density at radius 3 is 2.20 bits per heavy atom. The summed E-state index contributed by atoms with van der Waals surface area (Å²) in [6.07, 6.45) is 0. The van der Waals surface area contributed by atoms with Crippen molar-refractivity contribution in [2.45, 2.75) is 13.0 Å². The largest absolute Gasteiger partial charge is 0.250 e. The number of halogens is 1. The molecule has 1 aromatic rings. The number of hydrogen-bond acceptors (Lipinski definition) is 0. The van der Waals surface area contributed by atoms with Crippen molar-refractivity contribution >= 4 is 0 Å². The molecule has 53 valence electrons. The Balaban J connectivity index is 2.89. The maximum atomic E-state index is 12.3. The van der Waals surface area contributed by atoms with Gasteiger partial charge in [-0.05, 0) is 24.6 Å². The first kappa shape index (κ1) is 7.22. The second-order valence-electron chi connectivity index (χ2n) is 2.27. The molecule has 1 atom stereocenters. The molecular weight excluding hydrogens is 129 g/mol. The Kier molecular flexibility index (Phi) is 2.02. The van der Waals surface area contributed by atoms with E-state index >= 15 is 0 Å². The highest BCUT2D eigenvalue weighted by Gasteiger charge is 1.97. The lowest BCUT2D eigenvalue weighted by atomic mass is 10.1. The molecular formula is C8H9FN. The molecule has 1 aromatic carbocycles. The second-order valence-corrected chi connectivity index (χ2v) is 2.27. The summed E-state index contributed by atoms with van der Waals surface area (Å²) in [5.41, 5.74) is 8.12. The lowest BCUT2D eigenvalue weighted by molar-refractivity contribution is 0.625. The van der Waals surface area contributed by atoms with Crippen molar-refractivity contribution in [1.29, 1.82) is 0 Å². The van der Waals surface area contributed by atoms with E-state index in [4.69, 9.17) is 5.73 Å². The van der Waals surface area contributed by atoms with E-state index in [0.717, 1.165) is 5.56 Å². The van der Waals surface area contributed by atoms with E-state index in [0.29, 0.717) is 0 Å². The lowest BCUT2D eigenvalue weighted by Gasteiger charge is -2.01. The molecule has 0 aliphatic heterocycles. The predicted molar refractivity (Wildman–Crippen MR) is 37.9 cm³/mol. The van der Waals surface area contributed by atoms with Crippen molar-refractivity contribution in [3.8, 4) is 0 Å². The SMILES string of the molecule is C[C@@H]([NH])c1ccc(F)cc1. The van der Waals surface area contributed by atoms with Crippen LogP contribution in [0.3, 0.4) is 0 Å². The molecule has 1 radical (unpaired) electrons. The van der Waals surface area contributed by atoms with Crippen molar-refractivity contribution in [3.63, 3.8) is 0 Å². The minimum absolute atomic E-state index is 0.246. The van der Waals surface area contributed by atoms with Crippen LogP contribution in [0.2, 0.25) is 0 Å². The van der Waals surface area contributed by atoms with Gasteiger partial charge in [-0.25, -0.2) is 4.39 Å². The molecule has 0 aliphatic carbocycles. The van der Waals surface area contributed by atoms with Crippen LogP contribution in [0.25, 0.3) is 0 Å². The maximum Gasteiger partial charge on any atom is 0.123 e. The average Bonchev–Trinajstić information content (AvgIpc) is 1.88. The van der Waals surface area contributed by atoms with Gasteiger partial charge >= 0.3 is 0 Å². The van der Waals surface area contributed by atoms with E-state index in [1.54, 1.807) is 19.1 Å². The van der Waals surface area contributed by atoms with Crippen LogP contribution in [0.1, 0.15) is 18.5 Å². The zero-order valence-electron chi connectivity index (χ0n) is 5.76. The molecule has 0 heterocycles. The van der Waals surface area contributed by atoms with E-state index in [-0.39, 0.29) is 11.9 Å². The van der Waals surface area contributed by atoms with Crippen molar-refractivity contribution in [1.82, 2.24) is 5.73 Å². The van der Waals surface area contributed by atoms with E-state index in [1.807, 2.05) is 0 Å². The van der Waals surface area contributed by atoms with Crippen LogP contribution in [0, 0.1) is 5.82 Å². The zero-order valence-corrected chi connectivity index (χ0v) is 5.76. The molecule has 0 unspecified atom stereocenters. The van der Waals surface area contributed by atoms with Gasteiger partial charge in [0, 0.05) is 6.04 Å². The number of hydrogen-bond donors (Lipinski definition) is 0. The fourth-order valence-corrected chi connectivity index (χ4v) is 0.751. The van der Waals surface area contributed by atoms with Crippen molar-refractivity contribution < 1.29 is 4.39 Å². The van der Waals surface area contributed by atoms with Gasteiger partial charge in [-0.1, -0.05) is 12.1 Å². The standard InChI is InChI=1S/C8H9FN/c1-6(10)7-2-4-8(9)5-3-7/h2-6,10H,1H3/t6-/m1/s1. The van der Waals surface area contributed by atoms with E-state index in [1.165, 1.54) is 12.1 Å². The van der Waals surface area contributed by atoms with Gasteiger partial charge < -0.3 is 0 Å². The summed E-state index contributed by atoms with van der Waals surface area (Å²) in [5, 5.41) is 0. The van der Waals surface area contributed by atoms with Gasteiger partial charge in [-0.2, -0.15) is 0 Å². The summed E-state index contributed by atoms with van der Waals surface area (Å²) < 4.78 is 12.3. The molecule has 1 nitrogen and oxygen atoms in total. The molecule has 0 bridgehead atoms. The third kappa shape index (κ3) is 1.54. The number of benzene rings is 1. The molecule has 0 saturated carbocycles. The highest BCUT2D eigenvalue weighted by Crippen LogP contribution is 2.10. The first-order valence-electron chi connectivity index (χ1n) is 3.17. The number of rotatable bonds is 1. The number of nitrogens with one attached hydrogen (secondary N) is 1. The fraction of sp³-hybridized carbons (Fsp3) is 0.250. The summed E-state index contributed by atoms with van der Waals surface area (Å²) in [5.74, 6) is -0.246. The van der Waals surface area contributed by atoms with Gasteiger partial charge in [0.2, 0.25) is 0 Å². The lowest BCUT2D eigenvalue weighted by Crippen LogP contribution is -1.92. The molecule has 0 amide bonds. The molecule has 0 spiro atoms. The molecule has 1 rings (SSSR count). The van der Waals surface area contributed by atoms with Crippen LogP contribution < -0.4 is 5.73 Å². The average molecular weight is 138 g/mol. The maximum absolute atomic E-state index is 12.3. The van der Waals surface area contributed by atoms with E-state index in [2.05, 4.69) is 0 Å². The predicted octanol–water partition coefficient (Wildman–Crippen LogP) is 2.17. The summed E-state index contributed by atoms with van der Waals surface area (Å²) >= 11 is 0.